The maximum absolute atomic E-state index is 15.0. The fourth-order valence-electron chi connectivity index (χ4n) is 4.57. The topological polar surface area (TPSA) is 44.3 Å². The molecule has 1 saturated heterocycles. The molecule has 8 heteroatoms. The highest BCUT2D eigenvalue weighted by atomic mass is 19.1. The van der Waals surface area contributed by atoms with Gasteiger partial charge in [0.15, 0.2) is 11.6 Å². The molecule has 2 fully saturated rings. The van der Waals surface area contributed by atoms with Gasteiger partial charge in [0.1, 0.15) is 17.8 Å². The number of hydrogen-bond acceptors (Lipinski definition) is 5. The molecule has 1 N–H and O–H groups in total. The first-order valence-electron chi connectivity index (χ1n) is 11.2. The van der Waals surface area contributed by atoms with Gasteiger partial charge in [0.2, 0.25) is 0 Å². The Hall–Kier alpha value is -2.35. The van der Waals surface area contributed by atoms with Crippen molar-refractivity contribution in [3.63, 3.8) is 0 Å². The second kappa shape index (κ2) is 8.30. The van der Waals surface area contributed by atoms with Crippen molar-refractivity contribution in [3.05, 3.63) is 46.8 Å². The SMILES string of the molecule is CN1CCc2nc(NC3CC3)c(N3CCC([C@@H](F)c4ccc(F)cc4F)CC3)nc2C1. The van der Waals surface area contributed by atoms with Crippen molar-refractivity contribution in [2.45, 2.75) is 50.9 Å². The summed E-state index contributed by atoms with van der Waals surface area (Å²) in [7, 11) is 2.09. The fraction of sp³-hybridized carbons (Fsp3) is 0.565. The standard InChI is InChI=1S/C23H28F3N5/c1-30-9-8-19-20(13-30)29-23(22(28-19)27-16-3-4-16)31-10-6-14(7-11-31)21(26)17-5-2-15(24)12-18(17)25/h2,5,12,14,16,21H,3-4,6-11,13H2,1H3,(H,27,28)/t21-/m1/s1. The van der Waals surface area contributed by atoms with Crippen LogP contribution in [0.2, 0.25) is 0 Å². The summed E-state index contributed by atoms with van der Waals surface area (Å²) in [4.78, 5) is 14.3. The van der Waals surface area contributed by atoms with Crippen LogP contribution in [0, 0.1) is 17.6 Å². The van der Waals surface area contributed by atoms with E-state index in [4.69, 9.17) is 9.97 Å². The van der Waals surface area contributed by atoms with E-state index in [9.17, 15) is 8.78 Å². The zero-order valence-corrected chi connectivity index (χ0v) is 17.8. The van der Waals surface area contributed by atoms with Crippen molar-refractivity contribution in [2.24, 2.45) is 5.92 Å². The normalized spacial score (nSPS) is 21.1. The lowest BCUT2D eigenvalue weighted by Crippen LogP contribution is -2.37. The summed E-state index contributed by atoms with van der Waals surface area (Å²) >= 11 is 0. The first-order valence-corrected chi connectivity index (χ1v) is 11.2. The summed E-state index contributed by atoms with van der Waals surface area (Å²) < 4.78 is 42.3. The summed E-state index contributed by atoms with van der Waals surface area (Å²) in [6.45, 7) is 3.03. The number of nitrogens with zero attached hydrogens (tertiary/aromatic N) is 4. The molecule has 1 atom stereocenters. The van der Waals surface area contributed by atoms with E-state index >= 15 is 4.39 Å². The predicted molar refractivity (Wildman–Crippen MR) is 114 cm³/mol. The molecule has 1 saturated carbocycles. The van der Waals surface area contributed by atoms with E-state index in [0.717, 1.165) is 67.5 Å². The highest BCUT2D eigenvalue weighted by Crippen LogP contribution is 2.38. The molecule has 2 aliphatic heterocycles. The molecule has 3 aliphatic rings. The molecular weight excluding hydrogens is 403 g/mol. The summed E-state index contributed by atoms with van der Waals surface area (Å²) in [5.41, 5.74) is 2.03. The quantitative estimate of drug-likeness (QED) is 0.767. The van der Waals surface area contributed by atoms with Gasteiger partial charge in [-0.15, -0.1) is 0 Å². The summed E-state index contributed by atoms with van der Waals surface area (Å²) in [5, 5.41) is 3.53. The minimum absolute atomic E-state index is 0.0486. The van der Waals surface area contributed by atoms with E-state index in [1.165, 1.54) is 6.07 Å². The van der Waals surface area contributed by atoms with Gasteiger partial charge in [0.25, 0.3) is 0 Å². The third kappa shape index (κ3) is 4.35. The van der Waals surface area contributed by atoms with Crippen LogP contribution < -0.4 is 10.2 Å². The molecule has 3 heterocycles. The lowest BCUT2D eigenvalue weighted by Gasteiger charge is -2.36. The van der Waals surface area contributed by atoms with Crippen LogP contribution in [0.4, 0.5) is 24.8 Å². The van der Waals surface area contributed by atoms with Crippen molar-refractivity contribution < 1.29 is 13.2 Å². The van der Waals surface area contributed by atoms with E-state index in [1.54, 1.807) is 0 Å². The second-order valence-electron chi connectivity index (χ2n) is 9.09. The van der Waals surface area contributed by atoms with Crippen LogP contribution in [0.25, 0.3) is 0 Å². The van der Waals surface area contributed by atoms with Crippen molar-refractivity contribution in [3.8, 4) is 0 Å². The number of nitrogens with one attached hydrogen (secondary N) is 1. The van der Waals surface area contributed by atoms with Gasteiger partial charge >= 0.3 is 0 Å². The molecule has 1 aromatic heterocycles. The molecular formula is C23H28F3N5. The van der Waals surface area contributed by atoms with Gasteiger partial charge in [-0.05, 0) is 44.7 Å². The number of benzene rings is 1. The fourth-order valence-corrected chi connectivity index (χ4v) is 4.57. The van der Waals surface area contributed by atoms with Crippen LogP contribution in [0.1, 0.15) is 48.8 Å². The number of likely N-dealkylation sites (N-methyl/N-ethyl adjacent to an activating group) is 1. The molecule has 5 rings (SSSR count). The number of anilines is 2. The third-order valence-electron chi connectivity index (χ3n) is 6.61. The second-order valence-corrected chi connectivity index (χ2v) is 9.09. The Balaban J connectivity index is 1.33. The van der Waals surface area contributed by atoms with E-state index in [0.29, 0.717) is 32.0 Å². The smallest absolute Gasteiger partial charge is 0.172 e. The number of alkyl halides is 1. The Morgan fingerprint density at radius 2 is 1.81 bits per heavy atom. The van der Waals surface area contributed by atoms with Crippen LogP contribution in [0.5, 0.6) is 0 Å². The minimum atomic E-state index is -1.44. The predicted octanol–water partition coefficient (Wildman–Crippen LogP) is 4.24. The zero-order chi connectivity index (χ0) is 21.5. The van der Waals surface area contributed by atoms with Gasteiger partial charge in [-0.1, -0.05) is 6.07 Å². The Morgan fingerprint density at radius 1 is 1.03 bits per heavy atom. The Morgan fingerprint density at radius 3 is 2.52 bits per heavy atom. The molecule has 1 aromatic carbocycles. The highest BCUT2D eigenvalue weighted by Gasteiger charge is 2.32. The van der Waals surface area contributed by atoms with Gasteiger partial charge in [-0.3, -0.25) is 0 Å². The van der Waals surface area contributed by atoms with Crippen molar-refractivity contribution in [1.29, 1.82) is 0 Å². The van der Waals surface area contributed by atoms with Gasteiger partial charge in [0.05, 0.1) is 11.4 Å². The maximum Gasteiger partial charge on any atom is 0.172 e. The molecule has 0 bridgehead atoms. The number of fused-ring (bicyclic) bond motifs is 1. The number of halogens is 3. The number of aromatic nitrogens is 2. The van der Waals surface area contributed by atoms with Crippen LogP contribution in [0.15, 0.2) is 18.2 Å². The minimum Gasteiger partial charge on any atom is -0.364 e. The average molecular weight is 432 g/mol. The number of piperidine rings is 1. The van der Waals surface area contributed by atoms with E-state index in [2.05, 4.69) is 22.2 Å². The first-order chi connectivity index (χ1) is 15.0. The highest BCUT2D eigenvalue weighted by molar-refractivity contribution is 5.63. The molecule has 31 heavy (non-hydrogen) atoms. The molecule has 5 nitrogen and oxygen atoms in total. The zero-order valence-electron chi connectivity index (χ0n) is 17.8. The number of hydrogen-bond donors (Lipinski definition) is 1. The maximum atomic E-state index is 15.0. The number of rotatable bonds is 5. The van der Waals surface area contributed by atoms with Gasteiger partial charge in [-0.25, -0.2) is 23.1 Å². The molecule has 166 valence electrons. The van der Waals surface area contributed by atoms with Gasteiger partial charge < -0.3 is 15.1 Å². The summed E-state index contributed by atoms with van der Waals surface area (Å²) in [5.74, 6) is -0.104. The molecule has 0 unspecified atom stereocenters. The Labute approximate surface area is 180 Å². The summed E-state index contributed by atoms with van der Waals surface area (Å²) in [6.07, 6.45) is 2.92. The van der Waals surface area contributed by atoms with Gasteiger partial charge in [-0.2, -0.15) is 0 Å². The lowest BCUT2D eigenvalue weighted by molar-refractivity contribution is 0.193. The monoisotopic (exact) mass is 431 g/mol. The van der Waals surface area contributed by atoms with Crippen molar-refractivity contribution >= 4 is 11.6 Å². The summed E-state index contributed by atoms with van der Waals surface area (Å²) in [6, 6.07) is 3.57. The van der Waals surface area contributed by atoms with Gasteiger partial charge in [0, 0.05) is 50.3 Å². The van der Waals surface area contributed by atoms with E-state index < -0.39 is 17.8 Å². The average Bonchev–Trinajstić information content (AvgIpc) is 3.57. The molecule has 2 aromatic rings. The largest absolute Gasteiger partial charge is 0.364 e. The van der Waals surface area contributed by atoms with Crippen LogP contribution in [-0.2, 0) is 13.0 Å². The van der Waals surface area contributed by atoms with Crippen molar-refractivity contribution in [1.82, 2.24) is 14.9 Å². The van der Waals surface area contributed by atoms with E-state index in [-0.39, 0.29) is 11.5 Å². The van der Waals surface area contributed by atoms with E-state index in [1.807, 2.05) is 0 Å². The van der Waals surface area contributed by atoms with Crippen LogP contribution in [-0.4, -0.2) is 47.6 Å². The molecule has 0 spiro atoms. The Kier molecular flexibility index (Phi) is 5.50. The molecule has 0 radical (unpaired) electrons. The Bertz CT molecular complexity index is 956. The third-order valence-corrected chi connectivity index (χ3v) is 6.61. The van der Waals surface area contributed by atoms with Crippen LogP contribution >= 0.6 is 0 Å². The molecule has 1 aliphatic carbocycles. The first kappa shape index (κ1) is 20.5. The lowest BCUT2D eigenvalue weighted by atomic mass is 9.88. The van der Waals surface area contributed by atoms with Crippen LogP contribution in [0.3, 0.4) is 0 Å². The molecule has 0 amide bonds. The van der Waals surface area contributed by atoms with Crippen molar-refractivity contribution in [2.75, 3.05) is 36.9 Å².